The molecule has 3 saturated carbocycles. The fraction of sp³-hybridized carbons (Fsp3) is 1.00. The molecule has 0 aromatic heterocycles. The van der Waals surface area contributed by atoms with E-state index in [9.17, 15) is 0 Å². The van der Waals surface area contributed by atoms with Gasteiger partial charge in [-0.3, -0.25) is 0 Å². The molecule has 0 saturated heterocycles. The molecule has 5 unspecified atom stereocenters. The van der Waals surface area contributed by atoms with Crippen LogP contribution in [0.25, 0.3) is 0 Å². The molecule has 0 amide bonds. The van der Waals surface area contributed by atoms with Crippen molar-refractivity contribution in [2.75, 3.05) is 6.61 Å². The van der Waals surface area contributed by atoms with Crippen LogP contribution in [-0.4, -0.2) is 11.7 Å². The Kier molecular flexibility index (Phi) is 1.59. The number of fused-ring (bicyclic) bond motifs is 3. The number of aliphatic hydroxyl groups is 1. The molecule has 1 nitrogen and oxygen atoms in total. The lowest BCUT2D eigenvalue weighted by molar-refractivity contribution is -0.0551. The van der Waals surface area contributed by atoms with Gasteiger partial charge < -0.3 is 5.11 Å². The molecular formula is C12H20O. The molecule has 0 spiro atoms. The molecule has 13 heavy (non-hydrogen) atoms. The molecule has 74 valence electrons. The molecule has 1 N–H and O–H groups in total. The fourth-order valence-electron chi connectivity index (χ4n) is 4.61. The molecule has 5 atom stereocenters. The largest absolute Gasteiger partial charge is 0.396 e. The van der Waals surface area contributed by atoms with E-state index < -0.39 is 0 Å². The Morgan fingerprint density at radius 2 is 2.23 bits per heavy atom. The van der Waals surface area contributed by atoms with Gasteiger partial charge >= 0.3 is 0 Å². The zero-order chi connectivity index (χ0) is 9.05. The number of rotatable bonds is 3. The average Bonchev–Trinajstić information content (AvgIpc) is 2.74. The van der Waals surface area contributed by atoms with E-state index in [1.807, 2.05) is 0 Å². The molecule has 3 fully saturated rings. The molecule has 0 aliphatic heterocycles. The first-order chi connectivity index (χ1) is 6.30. The SMILES string of the molecule is CCC1CC2(CCO)CC3CC3C12. The van der Waals surface area contributed by atoms with Crippen LogP contribution in [0.4, 0.5) is 0 Å². The van der Waals surface area contributed by atoms with Gasteiger partial charge in [0.15, 0.2) is 0 Å². The van der Waals surface area contributed by atoms with Crippen LogP contribution in [0.1, 0.15) is 39.0 Å². The van der Waals surface area contributed by atoms with Crippen molar-refractivity contribution in [1.82, 2.24) is 0 Å². The molecule has 0 aromatic carbocycles. The van der Waals surface area contributed by atoms with Crippen LogP contribution in [0.5, 0.6) is 0 Å². The molecule has 0 heterocycles. The van der Waals surface area contributed by atoms with Crippen molar-refractivity contribution in [1.29, 1.82) is 0 Å². The molecule has 1 heteroatoms. The third-order valence-corrected chi connectivity index (χ3v) is 5.13. The normalized spacial score (nSPS) is 56.8. The lowest BCUT2D eigenvalue weighted by atomic mass is 9.51. The first-order valence-corrected chi connectivity index (χ1v) is 5.91. The molecule has 3 rings (SSSR count). The van der Waals surface area contributed by atoms with E-state index in [-0.39, 0.29) is 0 Å². The molecule has 3 aliphatic carbocycles. The van der Waals surface area contributed by atoms with Crippen molar-refractivity contribution in [3.63, 3.8) is 0 Å². The second kappa shape index (κ2) is 2.50. The minimum atomic E-state index is 0.423. The second-order valence-electron chi connectivity index (χ2n) is 5.60. The van der Waals surface area contributed by atoms with Crippen LogP contribution < -0.4 is 0 Å². The molecule has 0 bridgehead atoms. The Morgan fingerprint density at radius 1 is 1.38 bits per heavy atom. The molecule has 0 aromatic rings. The van der Waals surface area contributed by atoms with E-state index in [1.165, 1.54) is 25.7 Å². The Balaban J connectivity index is 1.77. The topological polar surface area (TPSA) is 20.2 Å². The van der Waals surface area contributed by atoms with Gasteiger partial charge in [0.1, 0.15) is 0 Å². The fourth-order valence-corrected chi connectivity index (χ4v) is 4.61. The third kappa shape index (κ3) is 0.918. The van der Waals surface area contributed by atoms with Gasteiger partial charge in [0.2, 0.25) is 0 Å². The van der Waals surface area contributed by atoms with Gasteiger partial charge in [-0.25, -0.2) is 0 Å². The molecule has 3 aliphatic rings. The van der Waals surface area contributed by atoms with Gasteiger partial charge in [0.05, 0.1) is 0 Å². The van der Waals surface area contributed by atoms with Gasteiger partial charge in [0.25, 0.3) is 0 Å². The summed E-state index contributed by atoms with van der Waals surface area (Å²) in [7, 11) is 0. The van der Waals surface area contributed by atoms with E-state index >= 15 is 0 Å². The lowest BCUT2D eigenvalue weighted by Gasteiger charge is -2.53. The van der Waals surface area contributed by atoms with E-state index in [4.69, 9.17) is 5.11 Å². The van der Waals surface area contributed by atoms with Gasteiger partial charge in [0, 0.05) is 6.61 Å². The van der Waals surface area contributed by atoms with E-state index in [2.05, 4.69) is 6.92 Å². The Morgan fingerprint density at radius 3 is 2.92 bits per heavy atom. The third-order valence-electron chi connectivity index (χ3n) is 5.13. The summed E-state index contributed by atoms with van der Waals surface area (Å²) in [5.74, 6) is 4.21. The van der Waals surface area contributed by atoms with E-state index in [0.29, 0.717) is 12.0 Å². The zero-order valence-corrected chi connectivity index (χ0v) is 8.50. The maximum absolute atomic E-state index is 9.10. The van der Waals surface area contributed by atoms with Crippen LogP contribution in [0.2, 0.25) is 0 Å². The monoisotopic (exact) mass is 180 g/mol. The summed E-state index contributed by atoms with van der Waals surface area (Å²) in [6.07, 6.45) is 6.89. The van der Waals surface area contributed by atoms with Crippen molar-refractivity contribution in [2.45, 2.75) is 39.0 Å². The maximum Gasteiger partial charge on any atom is 0.0436 e. The number of hydrogen-bond acceptors (Lipinski definition) is 1. The van der Waals surface area contributed by atoms with Crippen molar-refractivity contribution in [3.8, 4) is 0 Å². The summed E-state index contributed by atoms with van der Waals surface area (Å²) in [6.45, 7) is 2.76. The van der Waals surface area contributed by atoms with Crippen LogP contribution in [-0.2, 0) is 0 Å². The Bertz CT molecular complexity index is 225. The number of aliphatic hydroxyl groups excluding tert-OH is 1. The lowest BCUT2D eigenvalue weighted by Crippen LogP contribution is -2.46. The van der Waals surface area contributed by atoms with Crippen LogP contribution in [0.3, 0.4) is 0 Å². The van der Waals surface area contributed by atoms with Crippen molar-refractivity contribution in [3.05, 3.63) is 0 Å². The van der Waals surface area contributed by atoms with Gasteiger partial charge in [-0.05, 0) is 54.8 Å². The zero-order valence-electron chi connectivity index (χ0n) is 8.50. The van der Waals surface area contributed by atoms with Crippen LogP contribution in [0.15, 0.2) is 0 Å². The highest BCUT2D eigenvalue weighted by Gasteiger charge is 2.67. The van der Waals surface area contributed by atoms with Gasteiger partial charge in [-0.15, -0.1) is 0 Å². The van der Waals surface area contributed by atoms with Crippen molar-refractivity contribution in [2.24, 2.45) is 29.1 Å². The summed E-state index contributed by atoms with van der Waals surface area (Å²) in [5.41, 5.74) is 0.628. The summed E-state index contributed by atoms with van der Waals surface area (Å²) in [4.78, 5) is 0. The predicted octanol–water partition coefficient (Wildman–Crippen LogP) is 2.44. The number of hydrogen-bond donors (Lipinski definition) is 1. The van der Waals surface area contributed by atoms with Gasteiger partial charge in [-0.2, -0.15) is 0 Å². The second-order valence-corrected chi connectivity index (χ2v) is 5.60. The maximum atomic E-state index is 9.10. The van der Waals surface area contributed by atoms with Crippen LogP contribution >= 0.6 is 0 Å². The predicted molar refractivity (Wildman–Crippen MR) is 52.2 cm³/mol. The van der Waals surface area contributed by atoms with Crippen molar-refractivity contribution >= 4 is 0 Å². The summed E-state index contributed by atoms with van der Waals surface area (Å²) < 4.78 is 0. The summed E-state index contributed by atoms with van der Waals surface area (Å²) in [6, 6.07) is 0. The smallest absolute Gasteiger partial charge is 0.0436 e. The summed E-state index contributed by atoms with van der Waals surface area (Å²) in [5, 5.41) is 9.10. The quantitative estimate of drug-likeness (QED) is 0.707. The molecular weight excluding hydrogens is 160 g/mol. The first-order valence-electron chi connectivity index (χ1n) is 5.91. The molecule has 0 radical (unpaired) electrons. The Labute approximate surface area is 80.5 Å². The van der Waals surface area contributed by atoms with E-state index in [0.717, 1.165) is 30.1 Å². The van der Waals surface area contributed by atoms with Crippen molar-refractivity contribution < 1.29 is 5.11 Å². The first kappa shape index (κ1) is 8.28. The van der Waals surface area contributed by atoms with E-state index in [1.54, 1.807) is 0 Å². The van der Waals surface area contributed by atoms with Crippen LogP contribution in [0, 0.1) is 29.1 Å². The minimum Gasteiger partial charge on any atom is -0.396 e. The highest BCUT2D eigenvalue weighted by atomic mass is 16.3. The Hall–Kier alpha value is -0.0400. The minimum absolute atomic E-state index is 0.423. The standard InChI is InChI=1S/C12H20O/c1-2-8-6-12(3-4-13)7-9-5-10(9)11(8)12/h8-11,13H,2-7H2,1H3. The average molecular weight is 180 g/mol. The van der Waals surface area contributed by atoms with Gasteiger partial charge in [-0.1, -0.05) is 13.3 Å². The highest BCUT2D eigenvalue weighted by Crippen LogP contribution is 2.75. The summed E-state index contributed by atoms with van der Waals surface area (Å²) >= 11 is 0. The highest BCUT2D eigenvalue weighted by molar-refractivity contribution is 5.16.